The molecular formula is C105H90N6O16S3. The molecule has 22 nitrogen and oxygen atoms in total. The summed E-state index contributed by atoms with van der Waals surface area (Å²) >= 11 is -0.0261. The Labute approximate surface area is 761 Å². The zero-order valence-electron chi connectivity index (χ0n) is 71.8. The monoisotopic (exact) mass is 1790 g/mol. The van der Waals surface area contributed by atoms with Gasteiger partial charge >= 0.3 is 34.0 Å². The van der Waals surface area contributed by atoms with Crippen LogP contribution in [0.3, 0.4) is 0 Å². The lowest BCUT2D eigenvalue weighted by Crippen LogP contribution is -2.17. The average Bonchev–Trinajstić information content (AvgIpc) is 0.814. The lowest BCUT2D eigenvalue weighted by atomic mass is 10.0. The van der Waals surface area contributed by atoms with E-state index in [1.54, 1.807) is 208 Å². The van der Waals surface area contributed by atoms with Crippen molar-refractivity contribution >= 4 is 114 Å². The second-order valence-electron chi connectivity index (χ2n) is 27.3. The van der Waals surface area contributed by atoms with Gasteiger partial charge in [-0.1, -0.05) is 365 Å². The van der Waals surface area contributed by atoms with Crippen molar-refractivity contribution in [1.29, 1.82) is 0 Å². The molecule has 14 aromatic rings. The van der Waals surface area contributed by atoms with E-state index in [4.69, 9.17) is 23.1 Å². The van der Waals surface area contributed by atoms with Gasteiger partial charge in [0.25, 0.3) is 11.1 Å². The number of benzene rings is 14. The van der Waals surface area contributed by atoms with Crippen molar-refractivity contribution in [3.05, 3.63) is 480 Å². The summed E-state index contributed by atoms with van der Waals surface area (Å²) in [6.07, 6.45) is 3.23. The van der Waals surface area contributed by atoms with Crippen LogP contribution in [0.2, 0.25) is 0 Å². The second-order valence-corrected chi connectivity index (χ2v) is 31.0. The van der Waals surface area contributed by atoms with Gasteiger partial charge < -0.3 is 24.1 Å². The van der Waals surface area contributed by atoms with Gasteiger partial charge in [-0.05, 0) is 140 Å². The number of Topliss-reactive ketones (excluding diaryl/α,β-unsaturated/α-hetero) is 2. The van der Waals surface area contributed by atoms with Crippen LogP contribution in [0.1, 0.15) is 115 Å². The maximum Gasteiger partial charge on any atom is 0.365 e. The molecule has 0 saturated carbocycles. The molecule has 130 heavy (non-hydrogen) atoms. The van der Waals surface area contributed by atoms with Crippen LogP contribution in [0, 0.1) is 6.92 Å². The van der Waals surface area contributed by atoms with Crippen molar-refractivity contribution in [1.82, 2.24) is 0 Å². The van der Waals surface area contributed by atoms with Gasteiger partial charge in [0.05, 0.1) is 45.7 Å². The molecule has 1 unspecified atom stereocenters. The zero-order chi connectivity index (χ0) is 92.7. The number of nitrogens with zero attached hydrogens (tertiary/aromatic N) is 6. The molecule has 0 fully saturated rings. The minimum absolute atomic E-state index is 0.0679. The Kier molecular flexibility index (Phi) is 39.6. The molecule has 25 heteroatoms. The summed E-state index contributed by atoms with van der Waals surface area (Å²) in [4.78, 5) is 94.4. The first-order valence-electron chi connectivity index (χ1n) is 40.1. The molecule has 0 saturated heterocycles. The highest BCUT2D eigenvalue weighted by molar-refractivity contribution is 7.99. The Hall–Kier alpha value is -16.1. The minimum atomic E-state index is -3.87. The van der Waals surface area contributed by atoms with Gasteiger partial charge in [0.1, 0.15) is 10.6 Å². The van der Waals surface area contributed by atoms with Gasteiger partial charge in [-0.2, -0.15) is 8.42 Å². The predicted octanol–water partition coefficient (Wildman–Crippen LogP) is 22.5. The number of hydrogen-bond donors (Lipinski definition) is 0. The number of hydrogen-bond acceptors (Lipinski definition) is 23. The molecule has 0 bridgehead atoms. The third kappa shape index (κ3) is 32.2. The summed E-state index contributed by atoms with van der Waals surface area (Å²) in [6.45, 7) is 13.6. The van der Waals surface area contributed by atoms with Gasteiger partial charge in [0, 0.05) is 56.8 Å². The first kappa shape index (κ1) is 97.7. The van der Waals surface area contributed by atoms with E-state index in [1.807, 2.05) is 232 Å². The molecule has 0 aromatic heterocycles. The Balaban J connectivity index is 0.000000179. The molecule has 0 radical (unpaired) electrons. The SMILES string of the molecule is C/C(=N\OS(=O)(=O)c1ccc(C)cc1)c1ccccc1.C/C(=N\OS(=O)c1cccc2ccccc12)c1ccccc1.C=C(/C=C\C)C(=O)O/N=C(/C)OC.CC(=O)/C(=N\OC(=O)c1ccccc1)c1ccccc1.O=C(O/N=C(/C(=O)c1ccc(Sc2ccccc2)cc1)c1ccccc1)c1ccccc1.O=C(ON=C(c1ccccc1)c1ccccc1)c1ccccc1. The van der Waals surface area contributed by atoms with Gasteiger partial charge in [-0.15, -0.1) is 0 Å². The summed E-state index contributed by atoms with van der Waals surface area (Å²) in [5.74, 6) is -2.60. The van der Waals surface area contributed by atoms with Crippen LogP contribution in [0.15, 0.2) is 469 Å². The number of carbonyl (C=O) groups is 6. The molecule has 0 aliphatic rings. The predicted molar refractivity (Wildman–Crippen MR) is 510 cm³/mol. The van der Waals surface area contributed by atoms with Gasteiger partial charge in [0.2, 0.25) is 11.7 Å². The van der Waals surface area contributed by atoms with E-state index in [1.165, 1.54) is 26.2 Å². The normalized spacial score (nSPS) is 11.4. The van der Waals surface area contributed by atoms with Crippen LogP contribution in [0.5, 0.6) is 0 Å². The van der Waals surface area contributed by atoms with Crippen LogP contribution >= 0.6 is 11.8 Å². The number of ether oxygens (including phenoxy) is 1. The third-order valence-corrected chi connectivity index (χ3v) is 20.9. The van der Waals surface area contributed by atoms with Crippen LogP contribution in [-0.4, -0.2) is 89.6 Å². The number of methoxy groups -OCH3 is 1. The quantitative estimate of drug-likeness (QED) is 0.00925. The molecule has 0 heterocycles. The van der Waals surface area contributed by atoms with Crippen molar-refractivity contribution in [2.45, 2.75) is 61.1 Å². The molecule has 0 aliphatic heterocycles. The average molecular weight is 1790 g/mol. The van der Waals surface area contributed by atoms with E-state index >= 15 is 0 Å². The molecule has 0 aliphatic carbocycles. The standard InChI is InChI=1S/C27H19NO3S.C20H15NO2.C18H15NO2S.C16H13NO3.C15H15NO3S.C9H13NO3/c29-26(21-16-18-24(19-17-21)32-23-14-8-3-9-15-23)25(20-10-4-1-5-11-20)28-31-27(30)22-12-6-2-7-13-22;22-20(18-14-8-3-9-15-18)23-21-19(16-10-4-1-5-11-16)17-12-6-2-7-13-17;1-14(15-8-3-2-4-9-15)19-21-22(20)18-13-7-11-16-10-5-6-12-17(16)18;1-12(18)15(13-8-4-2-5-9-13)17-20-16(19)14-10-6-3-7-11-14;1-12-8-10-15(11-9-12)20(17,18)19-16-13(2)14-6-4-3-5-7-14;1-5-6-7(2)9(11)13-10-8(3)12-4/h1-19H;1-15H;2-13H,1H3;2-11H,1H3;3-11H,1-2H3;5-6H,2H2,1,3-4H3/b28-25+;;19-14+;17-15+;16-13+;6-5-,10-8-. The Morgan fingerprint density at radius 2 is 0.738 bits per heavy atom. The van der Waals surface area contributed by atoms with Crippen molar-refractivity contribution in [3.63, 3.8) is 0 Å². The Morgan fingerprint density at radius 3 is 1.18 bits per heavy atom. The number of allylic oxidation sites excluding steroid dienone is 1. The number of carbonyl (C=O) groups excluding carboxylic acids is 6. The molecule has 14 rings (SSSR count). The Morgan fingerprint density at radius 1 is 0.369 bits per heavy atom. The summed E-state index contributed by atoms with van der Waals surface area (Å²) in [7, 11) is -2.43. The fraction of sp³-hybridized carbons (Fsp3) is 0.0667. The lowest BCUT2D eigenvalue weighted by molar-refractivity contribution is -0.138. The topological polar surface area (TPSA) is 292 Å². The number of fused-ring (bicyclic) bond motifs is 1. The maximum absolute atomic E-state index is 13.2. The number of aryl methyl sites for hydroxylation is 1. The highest BCUT2D eigenvalue weighted by Crippen LogP contribution is 2.29. The summed E-state index contributed by atoms with van der Waals surface area (Å²) in [6, 6.07) is 119. The largest absolute Gasteiger partial charge is 0.482 e. The van der Waals surface area contributed by atoms with E-state index in [0.717, 1.165) is 48.4 Å². The second kappa shape index (κ2) is 52.6. The van der Waals surface area contributed by atoms with Crippen molar-refractivity contribution in [3.8, 4) is 0 Å². The summed E-state index contributed by atoms with van der Waals surface area (Å²) in [5.41, 5.74) is 9.61. The van der Waals surface area contributed by atoms with Crippen LogP contribution in [-0.2, 0) is 63.4 Å². The number of rotatable bonds is 26. The molecular weight excluding hydrogens is 1700 g/mol. The van der Waals surface area contributed by atoms with Crippen LogP contribution < -0.4 is 0 Å². The molecule has 654 valence electrons. The van der Waals surface area contributed by atoms with Crippen molar-refractivity contribution < 1.29 is 74.0 Å². The zero-order valence-corrected chi connectivity index (χ0v) is 74.3. The summed E-state index contributed by atoms with van der Waals surface area (Å²) in [5, 5.41) is 24.8. The van der Waals surface area contributed by atoms with Crippen LogP contribution in [0.25, 0.3) is 10.8 Å². The molecule has 0 amide bonds. The van der Waals surface area contributed by atoms with E-state index in [9.17, 15) is 41.4 Å². The highest BCUT2D eigenvalue weighted by atomic mass is 32.2. The molecule has 1 atom stereocenters. The fourth-order valence-electron chi connectivity index (χ4n) is 11.0. The smallest absolute Gasteiger partial charge is 0.365 e. The molecule has 0 N–H and O–H groups in total. The van der Waals surface area contributed by atoms with Crippen molar-refractivity contribution in [2.24, 2.45) is 30.9 Å². The maximum atomic E-state index is 13.2. The fourth-order valence-corrected chi connectivity index (χ4v) is 13.5. The highest BCUT2D eigenvalue weighted by Gasteiger charge is 2.21. The van der Waals surface area contributed by atoms with E-state index < -0.39 is 45.1 Å². The van der Waals surface area contributed by atoms with E-state index in [2.05, 4.69) is 47.1 Å². The van der Waals surface area contributed by atoms with Crippen molar-refractivity contribution in [2.75, 3.05) is 7.11 Å². The van der Waals surface area contributed by atoms with Crippen LogP contribution in [0.4, 0.5) is 0 Å². The van der Waals surface area contributed by atoms with Gasteiger partial charge in [-0.3, -0.25) is 18.2 Å². The minimum Gasteiger partial charge on any atom is -0.482 e. The Bertz CT molecular complexity index is 6380. The van der Waals surface area contributed by atoms with Gasteiger partial charge in [0.15, 0.2) is 17.2 Å². The number of ketones is 2. The molecule has 14 aromatic carbocycles. The molecule has 0 spiro atoms. The first-order chi connectivity index (χ1) is 63.1. The van der Waals surface area contributed by atoms with E-state index in [0.29, 0.717) is 55.4 Å². The third-order valence-electron chi connectivity index (χ3n) is 17.8. The van der Waals surface area contributed by atoms with E-state index in [-0.39, 0.29) is 39.4 Å². The van der Waals surface area contributed by atoms with Gasteiger partial charge in [-0.25, -0.2) is 23.4 Å². The lowest BCUT2D eigenvalue weighted by Gasteiger charge is -2.07. The number of oxime groups is 6. The summed E-state index contributed by atoms with van der Waals surface area (Å²) < 4.78 is 50.9. The first-order valence-corrected chi connectivity index (χ1v) is 43.4.